The monoisotopic (exact) mass is 280 g/mol. The highest BCUT2D eigenvalue weighted by atomic mass is 16.1. The van der Waals surface area contributed by atoms with Crippen molar-refractivity contribution in [1.82, 2.24) is 0 Å². The normalized spacial score (nSPS) is 12.6. The van der Waals surface area contributed by atoms with Crippen LogP contribution in [0.2, 0.25) is 0 Å². The summed E-state index contributed by atoms with van der Waals surface area (Å²) >= 11 is 0. The molecule has 1 aliphatic rings. The van der Waals surface area contributed by atoms with Crippen LogP contribution in [0.4, 0.5) is 0 Å². The zero-order valence-corrected chi connectivity index (χ0v) is 11.8. The van der Waals surface area contributed by atoms with Crippen LogP contribution >= 0.6 is 0 Å². The summed E-state index contributed by atoms with van der Waals surface area (Å²) in [5.41, 5.74) is 3.78. The second-order valence-electron chi connectivity index (χ2n) is 5.74. The largest absolute Gasteiger partial charge is 0.289 e. The lowest BCUT2D eigenvalue weighted by Crippen LogP contribution is -1.96. The molecule has 0 spiro atoms. The van der Waals surface area contributed by atoms with Gasteiger partial charge in [-0.25, -0.2) is 0 Å². The fraction of sp³-hybridized carbons (Fsp3) is 0. The summed E-state index contributed by atoms with van der Waals surface area (Å²) in [7, 11) is 0. The van der Waals surface area contributed by atoms with Gasteiger partial charge in [0.05, 0.1) is 0 Å². The Hall–Kier alpha value is -2.93. The van der Waals surface area contributed by atoms with Crippen molar-refractivity contribution in [3.63, 3.8) is 0 Å². The third-order valence-electron chi connectivity index (χ3n) is 4.61. The summed E-state index contributed by atoms with van der Waals surface area (Å²) in [5, 5.41) is 4.61. The maximum Gasteiger partial charge on any atom is 0.194 e. The Balaban J connectivity index is 1.96. The Kier molecular flexibility index (Phi) is 2.15. The second-order valence-corrected chi connectivity index (χ2v) is 5.74. The molecule has 4 aromatic rings. The van der Waals surface area contributed by atoms with Crippen molar-refractivity contribution in [2.45, 2.75) is 0 Å². The first-order valence-electron chi connectivity index (χ1n) is 7.43. The maximum atomic E-state index is 12.8. The molecular weight excluding hydrogens is 268 g/mol. The molecular formula is C21H12O. The predicted octanol–water partition coefficient (Wildman–Crippen LogP) is 5.20. The van der Waals surface area contributed by atoms with E-state index in [1.54, 1.807) is 0 Å². The molecule has 0 aromatic heterocycles. The summed E-state index contributed by atoms with van der Waals surface area (Å²) in [4.78, 5) is 12.8. The molecule has 5 rings (SSSR count). The Morgan fingerprint density at radius 3 is 2.14 bits per heavy atom. The molecule has 1 heteroatoms. The van der Waals surface area contributed by atoms with Crippen molar-refractivity contribution in [2.75, 3.05) is 0 Å². The number of ketones is 1. The lowest BCUT2D eigenvalue weighted by molar-refractivity contribution is 0.104. The summed E-state index contributed by atoms with van der Waals surface area (Å²) in [6.07, 6.45) is 0. The van der Waals surface area contributed by atoms with Crippen LogP contribution < -0.4 is 0 Å². The van der Waals surface area contributed by atoms with Crippen LogP contribution in [0.15, 0.2) is 72.8 Å². The average Bonchev–Trinajstić information content (AvgIpc) is 2.88. The fourth-order valence-electron chi connectivity index (χ4n) is 3.61. The van der Waals surface area contributed by atoms with Gasteiger partial charge in [-0.15, -0.1) is 0 Å². The van der Waals surface area contributed by atoms with Gasteiger partial charge in [0, 0.05) is 11.1 Å². The molecule has 0 radical (unpaired) electrons. The van der Waals surface area contributed by atoms with E-state index in [9.17, 15) is 4.79 Å². The first-order valence-corrected chi connectivity index (χ1v) is 7.43. The van der Waals surface area contributed by atoms with Crippen LogP contribution in [-0.4, -0.2) is 5.78 Å². The van der Waals surface area contributed by atoms with Crippen molar-refractivity contribution in [3.05, 3.63) is 83.9 Å². The molecule has 0 N–H and O–H groups in total. The van der Waals surface area contributed by atoms with E-state index in [4.69, 9.17) is 0 Å². The second kappa shape index (κ2) is 4.05. The molecule has 0 saturated heterocycles. The number of hydrogen-bond donors (Lipinski definition) is 0. The summed E-state index contributed by atoms with van der Waals surface area (Å²) < 4.78 is 0. The molecule has 0 saturated carbocycles. The zero-order chi connectivity index (χ0) is 14.7. The van der Waals surface area contributed by atoms with Crippen LogP contribution in [0.5, 0.6) is 0 Å². The summed E-state index contributed by atoms with van der Waals surface area (Å²) in [6, 6.07) is 24.6. The van der Waals surface area contributed by atoms with Gasteiger partial charge in [-0.2, -0.15) is 0 Å². The fourth-order valence-corrected chi connectivity index (χ4v) is 3.61. The van der Waals surface area contributed by atoms with Crippen molar-refractivity contribution in [1.29, 1.82) is 0 Å². The molecule has 0 bridgehead atoms. The number of carbonyl (C=O) groups is 1. The van der Waals surface area contributed by atoms with Gasteiger partial charge in [-0.3, -0.25) is 4.79 Å². The smallest absolute Gasteiger partial charge is 0.194 e. The van der Waals surface area contributed by atoms with Gasteiger partial charge in [-0.05, 0) is 32.7 Å². The standard InChI is InChI=1S/C21H12O/c22-21-19-8-4-3-7-15(19)18-12-11-16-14-6-2-1-5-13(14)9-10-17(16)20(18)21/h1-12H. The van der Waals surface area contributed by atoms with Gasteiger partial charge in [0.1, 0.15) is 0 Å². The van der Waals surface area contributed by atoms with E-state index in [0.717, 1.165) is 33.0 Å². The number of hydrogen-bond acceptors (Lipinski definition) is 1. The molecule has 0 fully saturated rings. The van der Waals surface area contributed by atoms with Crippen LogP contribution in [-0.2, 0) is 0 Å². The minimum absolute atomic E-state index is 0.145. The van der Waals surface area contributed by atoms with E-state index >= 15 is 0 Å². The lowest BCUT2D eigenvalue weighted by atomic mass is 9.95. The van der Waals surface area contributed by atoms with E-state index < -0.39 is 0 Å². The van der Waals surface area contributed by atoms with Crippen molar-refractivity contribution >= 4 is 27.3 Å². The summed E-state index contributed by atoms with van der Waals surface area (Å²) in [5.74, 6) is 0.145. The molecule has 0 unspecified atom stereocenters. The zero-order valence-electron chi connectivity index (χ0n) is 11.8. The van der Waals surface area contributed by atoms with Crippen LogP contribution in [0, 0.1) is 0 Å². The van der Waals surface area contributed by atoms with Crippen LogP contribution in [0.1, 0.15) is 15.9 Å². The van der Waals surface area contributed by atoms with E-state index in [0.29, 0.717) is 0 Å². The maximum absolute atomic E-state index is 12.8. The highest BCUT2D eigenvalue weighted by molar-refractivity contribution is 6.29. The van der Waals surface area contributed by atoms with Crippen LogP contribution in [0.3, 0.4) is 0 Å². The van der Waals surface area contributed by atoms with Crippen LogP contribution in [0.25, 0.3) is 32.7 Å². The number of rotatable bonds is 0. The highest BCUT2D eigenvalue weighted by Gasteiger charge is 2.28. The molecule has 0 aliphatic heterocycles. The first kappa shape index (κ1) is 11.7. The molecule has 4 aromatic carbocycles. The molecule has 1 aliphatic carbocycles. The molecule has 0 amide bonds. The van der Waals surface area contributed by atoms with Gasteiger partial charge in [0.2, 0.25) is 0 Å². The number of carbonyl (C=O) groups excluding carboxylic acids is 1. The first-order chi connectivity index (χ1) is 10.8. The highest BCUT2D eigenvalue weighted by Crippen LogP contribution is 2.41. The van der Waals surface area contributed by atoms with Crippen molar-refractivity contribution in [3.8, 4) is 11.1 Å². The van der Waals surface area contributed by atoms with E-state index in [2.05, 4.69) is 36.4 Å². The third-order valence-corrected chi connectivity index (χ3v) is 4.61. The lowest BCUT2D eigenvalue weighted by Gasteiger charge is -2.08. The minimum atomic E-state index is 0.145. The van der Waals surface area contributed by atoms with Crippen molar-refractivity contribution < 1.29 is 4.79 Å². The number of benzene rings is 4. The quantitative estimate of drug-likeness (QED) is 0.356. The Bertz CT molecular complexity index is 1090. The topological polar surface area (TPSA) is 17.1 Å². The Morgan fingerprint density at radius 1 is 0.500 bits per heavy atom. The third kappa shape index (κ3) is 1.35. The van der Waals surface area contributed by atoms with Gasteiger partial charge in [0.25, 0.3) is 0 Å². The van der Waals surface area contributed by atoms with Gasteiger partial charge >= 0.3 is 0 Å². The molecule has 1 nitrogen and oxygen atoms in total. The SMILES string of the molecule is O=C1c2ccccc2-c2ccc3c(ccc4ccccc43)c21. The summed E-state index contributed by atoms with van der Waals surface area (Å²) in [6.45, 7) is 0. The van der Waals surface area contributed by atoms with Gasteiger partial charge < -0.3 is 0 Å². The van der Waals surface area contributed by atoms with Crippen molar-refractivity contribution in [2.24, 2.45) is 0 Å². The Labute approximate surface area is 127 Å². The molecule has 22 heavy (non-hydrogen) atoms. The van der Waals surface area contributed by atoms with Gasteiger partial charge in [-0.1, -0.05) is 72.8 Å². The molecule has 0 heterocycles. The number of fused-ring (bicyclic) bond motifs is 7. The van der Waals surface area contributed by atoms with E-state index in [1.807, 2.05) is 36.4 Å². The molecule has 102 valence electrons. The molecule has 0 atom stereocenters. The predicted molar refractivity (Wildman–Crippen MR) is 90.3 cm³/mol. The van der Waals surface area contributed by atoms with E-state index in [-0.39, 0.29) is 5.78 Å². The minimum Gasteiger partial charge on any atom is -0.289 e. The average molecular weight is 280 g/mol. The van der Waals surface area contributed by atoms with E-state index in [1.165, 1.54) is 10.8 Å². The Morgan fingerprint density at radius 2 is 1.23 bits per heavy atom. The van der Waals surface area contributed by atoms with Gasteiger partial charge in [0.15, 0.2) is 5.78 Å².